The number of ether oxygens (including phenoxy) is 1. The van der Waals surface area contributed by atoms with Gasteiger partial charge in [-0.2, -0.15) is 0 Å². The number of nitrogens with zero attached hydrogens (tertiary/aromatic N) is 1. The van der Waals surface area contributed by atoms with Crippen LogP contribution in [0, 0.1) is 0 Å². The van der Waals surface area contributed by atoms with Gasteiger partial charge in [0.2, 0.25) is 5.91 Å². The fourth-order valence-electron chi connectivity index (χ4n) is 3.47. The van der Waals surface area contributed by atoms with Gasteiger partial charge in [0, 0.05) is 24.7 Å². The van der Waals surface area contributed by atoms with Crippen molar-refractivity contribution in [2.45, 2.75) is 6.54 Å². The first kappa shape index (κ1) is 20.2. The summed E-state index contributed by atoms with van der Waals surface area (Å²) in [5.41, 5.74) is 7.35. The molecule has 2 N–H and O–H groups in total. The Labute approximate surface area is 180 Å². The zero-order chi connectivity index (χ0) is 21.8. The van der Waals surface area contributed by atoms with Crippen molar-refractivity contribution in [1.82, 2.24) is 4.90 Å². The van der Waals surface area contributed by atoms with Crippen molar-refractivity contribution in [3.05, 3.63) is 108 Å². The molecule has 0 saturated heterocycles. The molecule has 0 aliphatic rings. The van der Waals surface area contributed by atoms with Crippen LogP contribution in [0.3, 0.4) is 0 Å². The Morgan fingerprint density at radius 1 is 0.774 bits per heavy atom. The highest BCUT2D eigenvalue weighted by molar-refractivity contribution is 5.95. The predicted octanol–water partition coefficient (Wildman–Crippen LogP) is 5.00. The zero-order valence-corrected chi connectivity index (χ0v) is 17.1. The van der Waals surface area contributed by atoms with Gasteiger partial charge >= 0.3 is 0 Å². The van der Waals surface area contributed by atoms with Gasteiger partial charge in [-0.3, -0.25) is 9.59 Å². The van der Waals surface area contributed by atoms with E-state index < -0.39 is 5.91 Å². The number of rotatable bonds is 6. The third-order valence-electron chi connectivity index (χ3n) is 5.11. The van der Waals surface area contributed by atoms with Gasteiger partial charge in [-0.05, 0) is 64.9 Å². The predicted molar refractivity (Wildman–Crippen MR) is 121 cm³/mol. The minimum atomic E-state index is -0.484. The molecule has 31 heavy (non-hydrogen) atoms. The maximum Gasteiger partial charge on any atom is 0.253 e. The van der Waals surface area contributed by atoms with Crippen LogP contribution in [0.5, 0.6) is 11.5 Å². The molecule has 0 fully saturated rings. The Balaban J connectivity index is 1.44. The lowest BCUT2D eigenvalue weighted by molar-refractivity contribution is 0.0785. The number of carbonyl (C=O) groups is 2. The first-order valence-corrected chi connectivity index (χ1v) is 9.91. The smallest absolute Gasteiger partial charge is 0.253 e. The van der Waals surface area contributed by atoms with E-state index in [0.717, 1.165) is 16.3 Å². The molecule has 0 unspecified atom stereocenters. The van der Waals surface area contributed by atoms with E-state index in [-0.39, 0.29) is 5.91 Å². The number of primary amides is 1. The quantitative estimate of drug-likeness (QED) is 0.486. The van der Waals surface area contributed by atoms with Crippen molar-refractivity contribution in [1.29, 1.82) is 0 Å². The fraction of sp³-hybridized carbons (Fsp3) is 0.0769. The van der Waals surface area contributed by atoms with E-state index in [9.17, 15) is 9.59 Å². The van der Waals surface area contributed by atoms with Crippen molar-refractivity contribution in [2.75, 3.05) is 7.05 Å². The Bertz CT molecular complexity index is 1230. The van der Waals surface area contributed by atoms with E-state index in [2.05, 4.69) is 18.2 Å². The van der Waals surface area contributed by atoms with E-state index in [1.807, 2.05) is 24.3 Å². The second-order valence-corrected chi connectivity index (χ2v) is 7.31. The largest absolute Gasteiger partial charge is 0.457 e. The number of nitrogens with two attached hydrogens (primary N) is 1. The van der Waals surface area contributed by atoms with Crippen LogP contribution in [0.1, 0.15) is 26.3 Å². The number of hydrogen-bond donors (Lipinski definition) is 1. The van der Waals surface area contributed by atoms with Crippen LogP contribution in [0.2, 0.25) is 0 Å². The molecule has 4 rings (SSSR count). The number of benzene rings is 4. The van der Waals surface area contributed by atoms with Crippen LogP contribution < -0.4 is 10.5 Å². The van der Waals surface area contributed by atoms with Crippen molar-refractivity contribution in [3.63, 3.8) is 0 Å². The molecule has 4 aromatic carbocycles. The molecule has 4 aromatic rings. The lowest BCUT2D eigenvalue weighted by Gasteiger charge is -2.19. The van der Waals surface area contributed by atoms with Crippen LogP contribution >= 0.6 is 0 Å². The molecule has 0 atom stereocenters. The molecule has 0 aliphatic carbocycles. The molecule has 0 bridgehead atoms. The van der Waals surface area contributed by atoms with Gasteiger partial charge < -0.3 is 15.4 Å². The van der Waals surface area contributed by atoms with Crippen LogP contribution in [0.4, 0.5) is 0 Å². The Hall–Kier alpha value is -4.12. The van der Waals surface area contributed by atoms with E-state index in [0.29, 0.717) is 29.2 Å². The first-order valence-electron chi connectivity index (χ1n) is 9.91. The lowest BCUT2D eigenvalue weighted by atomic mass is 10.0. The standard InChI is InChI=1S/C26H22N2O3/c1-28(17-21-7-4-6-18-5-2-3-8-24(18)21)26(30)20-11-15-23(16-12-20)31-22-13-9-19(10-14-22)25(27)29/h2-16H,17H2,1H3,(H2,27,29). The van der Waals surface area contributed by atoms with E-state index in [4.69, 9.17) is 10.5 Å². The minimum absolute atomic E-state index is 0.0645. The van der Waals surface area contributed by atoms with E-state index >= 15 is 0 Å². The molecular formula is C26H22N2O3. The van der Waals surface area contributed by atoms with Gasteiger partial charge in [-0.15, -0.1) is 0 Å². The van der Waals surface area contributed by atoms with Gasteiger partial charge in [0.15, 0.2) is 0 Å². The average Bonchev–Trinajstić information content (AvgIpc) is 2.80. The topological polar surface area (TPSA) is 72.6 Å². The monoisotopic (exact) mass is 410 g/mol. The molecular weight excluding hydrogens is 388 g/mol. The second kappa shape index (κ2) is 8.71. The van der Waals surface area contributed by atoms with Gasteiger partial charge in [0.25, 0.3) is 5.91 Å². The molecule has 0 spiro atoms. The molecule has 2 amide bonds. The number of amides is 2. The SMILES string of the molecule is CN(Cc1cccc2ccccc12)C(=O)c1ccc(Oc2ccc(C(N)=O)cc2)cc1. The highest BCUT2D eigenvalue weighted by Gasteiger charge is 2.13. The van der Waals surface area contributed by atoms with Gasteiger partial charge in [-0.25, -0.2) is 0 Å². The van der Waals surface area contributed by atoms with Crippen LogP contribution in [-0.4, -0.2) is 23.8 Å². The summed E-state index contributed by atoms with van der Waals surface area (Å²) in [5, 5.41) is 2.31. The number of hydrogen-bond acceptors (Lipinski definition) is 3. The van der Waals surface area contributed by atoms with Crippen LogP contribution in [0.15, 0.2) is 91.0 Å². The zero-order valence-electron chi connectivity index (χ0n) is 17.1. The van der Waals surface area contributed by atoms with Crippen molar-refractivity contribution >= 4 is 22.6 Å². The van der Waals surface area contributed by atoms with Crippen molar-refractivity contribution < 1.29 is 14.3 Å². The minimum Gasteiger partial charge on any atom is -0.457 e. The normalized spacial score (nSPS) is 10.6. The molecule has 0 heterocycles. The second-order valence-electron chi connectivity index (χ2n) is 7.31. The summed E-state index contributed by atoms with van der Waals surface area (Å²) < 4.78 is 5.78. The first-order chi connectivity index (χ1) is 15.0. The van der Waals surface area contributed by atoms with Crippen molar-refractivity contribution in [3.8, 4) is 11.5 Å². The summed E-state index contributed by atoms with van der Waals surface area (Å²) in [4.78, 5) is 25.8. The third-order valence-corrected chi connectivity index (χ3v) is 5.11. The average molecular weight is 410 g/mol. The van der Waals surface area contributed by atoms with E-state index in [1.54, 1.807) is 60.5 Å². The summed E-state index contributed by atoms with van der Waals surface area (Å²) in [6, 6.07) is 27.9. The maximum atomic E-state index is 12.9. The molecule has 5 heteroatoms. The Morgan fingerprint density at radius 3 is 2.00 bits per heavy atom. The molecule has 0 aliphatic heterocycles. The summed E-state index contributed by atoms with van der Waals surface area (Å²) in [6.45, 7) is 0.519. The van der Waals surface area contributed by atoms with Crippen molar-refractivity contribution in [2.24, 2.45) is 5.73 Å². The fourth-order valence-corrected chi connectivity index (χ4v) is 3.47. The van der Waals surface area contributed by atoms with Gasteiger partial charge in [0.1, 0.15) is 11.5 Å². The third kappa shape index (κ3) is 4.56. The highest BCUT2D eigenvalue weighted by Crippen LogP contribution is 2.23. The molecule has 0 saturated carbocycles. The highest BCUT2D eigenvalue weighted by atomic mass is 16.5. The number of fused-ring (bicyclic) bond motifs is 1. The van der Waals surface area contributed by atoms with Gasteiger partial charge in [-0.1, -0.05) is 42.5 Å². The molecule has 154 valence electrons. The summed E-state index contributed by atoms with van der Waals surface area (Å²) in [7, 11) is 1.80. The number of carbonyl (C=O) groups excluding carboxylic acids is 2. The molecule has 5 nitrogen and oxygen atoms in total. The summed E-state index contributed by atoms with van der Waals surface area (Å²) in [5.74, 6) is 0.629. The Kier molecular flexibility index (Phi) is 5.67. The molecule has 0 aromatic heterocycles. The van der Waals surface area contributed by atoms with Gasteiger partial charge in [0.05, 0.1) is 0 Å². The maximum absolute atomic E-state index is 12.9. The Morgan fingerprint density at radius 2 is 1.35 bits per heavy atom. The van der Waals surface area contributed by atoms with Crippen LogP contribution in [-0.2, 0) is 6.54 Å². The summed E-state index contributed by atoms with van der Waals surface area (Å²) >= 11 is 0. The lowest BCUT2D eigenvalue weighted by Crippen LogP contribution is -2.26. The van der Waals surface area contributed by atoms with Crippen LogP contribution in [0.25, 0.3) is 10.8 Å². The summed E-state index contributed by atoms with van der Waals surface area (Å²) in [6.07, 6.45) is 0. The molecule has 0 radical (unpaired) electrons. The van der Waals surface area contributed by atoms with E-state index in [1.165, 1.54) is 0 Å².